The van der Waals surface area contributed by atoms with Gasteiger partial charge in [0.05, 0.1) is 11.3 Å². The second-order valence-electron chi connectivity index (χ2n) is 7.96. The number of rotatable bonds is 3. The van der Waals surface area contributed by atoms with Crippen molar-refractivity contribution in [2.24, 2.45) is 0 Å². The number of anilines is 2. The number of sulfonamides is 1. The predicted molar refractivity (Wildman–Crippen MR) is 117 cm³/mol. The van der Waals surface area contributed by atoms with E-state index in [-0.39, 0.29) is 11.7 Å². The van der Waals surface area contributed by atoms with Gasteiger partial charge in [0.2, 0.25) is 10.0 Å². The number of aromatic nitrogens is 2. The monoisotopic (exact) mass is 429 g/mol. The number of aryl methyl sites for hydroxylation is 3. The van der Waals surface area contributed by atoms with E-state index in [0.29, 0.717) is 37.4 Å². The molecule has 0 aromatic carbocycles. The van der Waals surface area contributed by atoms with E-state index in [0.717, 1.165) is 30.2 Å². The lowest BCUT2D eigenvalue weighted by atomic mass is 10.1. The van der Waals surface area contributed by atoms with Gasteiger partial charge in [-0.25, -0.2) is 18.4 Å². The third kappa shape index (κ3) is 3.86. The molecular formula is C21H27N5O3S. The number of piperazine rings is 1. The highest BCUT2D eigenvalue weighted by Gasteiger charge is 2.30. The van der Waals surface area contributed by atoms with Crippen molar-refractivity contribution < 1.29 is 13.2 Å². The normalized spacial score (nSPS) is 18.7. The first-order valence-electron chi connectivity index (χ1n) is 10.2. The molecule has 0 saturated carbocycles. The summed E-state index contributed by atoms with van der Waals surface area (Å²) in [5.41, 5.74) is 3.84. The van der Waals surface area contributed by atoms with Crippen molar-refractivity contribution in [1.29, 1.82) is 0 Å². The van der Waals surface area contributed by atoms with Crippen molar-refractivity contribution in [2.75, 3.05) is 47.7 Å². The Morgan fingerprint density at radius 1 is 1.00 bits per heavy atom. The maximum atomic E-state index is 12.9. The second-order valence-corrected chi connectivity index (χ2v) is 9.97. The highest BCUT2D eigenvalue weighted by atomic mass is 32.2. The zero-order valence-corrected chi connectivity index (χ0v) is 18.4. The van der Waals surface area contributed by atoms with Crippen molar-refractivity contribution in [1.82, 2.24) is 14.9 Å². The molecule has 2 aliphatic heterocycles. The highest BCUT2D eigenvalue weighted by Crippen LogP contribution is 2.24. The van der Waals surface area contributed by atoms with Gasteiger partial charge in [0.15, 0.2) is 0 Å². The first-order valence-corrected chi connectivity index (χ1v) is 11.8. The number of amides is 1. The summed E-state index contributed by atoms with van der Waals surface area (Å²) >= 11 is 0. The summed E-state index contributed by atoms with van der Waals surface area (Å²) in [4.78, 5) is 25.9. The van der Waals surface area contributed by atoms with Crippen LogP contribution in [0.4, 0.5) is 11.6 Å². The minimum atomic E-state index is -3.27. The van der Waals surface area contributed by atoms with Crippen LogP contribution >= 0.6 is 0 Å². The maximum Gasteiger partial charge on any atom is 0.255 e. The Bertz CT molecular complexity index is 1060. The molecule has 0 bridgehead atoms. The maximum absolute atomic E-state index is 12.9. The summed E-state index contributed by atoms with van der Waals surface area (Å²) in [5, 5.41) is 0. The van der Waals surface area contributed by atoms with Crippen LogP contribution in [0.3, 0.4) is 0 Å². The quantitative estimate of drug-likeness (QED) is 0.741. The van der Waals surface area contributed by atoms with Gasteiger partial charge in [-0.3, -0.25) is 9.10 Å². The van der Waals surface area contributed by atoms with Crippen molar-refractivity contribution in [2.45, 2.75) is 27.2 Å². The van der Waals surface area contributed by atoms with E-state index in [1.54, 1.807) is 12.1 Å². The smallest absolute Gasteiger partial charge is 0.255 e. The van der Waals surface area contributed by atoms with Crippen LogP contribution in [0.1, 0.15) is 33.6 Å². The number of pyridine rings is 2. The van der Waals surface area contributed by atoms with Crippen LogP contribution in [0.25, 0.3) is 0 Å². The molecule has 8 nitrogen and oxygen atoms in total. The van der Waals surface area contributed by atoms with Gasteiger partial charge in [-0.05, 0) is 50.5 Å². The fraction of sp³-hybridized carbons (Fsp3) is 0.476. The van der Waals surface area contributed by atoms with Crippen molar-refractivity contribution in [3.63, 3.8) is 0 Å². The van der Waals surface area contributed by atoms with E-state index in [1.165, 1.54) is 16.1 Å². The molecule has 4 heterocycles. The average Bonchev–Trinajstić information content (AvgIpc) is 3.09. The lowest BCUT2D eigenvalue weighted by Crippen LogP contribution is -2.49. The summed E-state index contributed by atoms with van der Waals surface area (Å²) in [6.45, 7) is 9.25. The molecule has 0 N–H and O–H groups in total. The van der Waals surface area contributed by atoms with Crippen LogP contribution < -0.4 is 9.21 Å². The summed E-state index contributed by atoms with van der Waals surface area (Å²) in [6, 6.07) is 5.44. The largest absolute Gasteiger partial charge is 0.353 e. The summed E-state index contributed by atoms with van der Waals surface area (Å²) < 4.78 is 25.4. The molecule has 30 heavy (non-hydrogen) atoms. The van der Waals surface area contributed by atoms with E-state index < -0.39 is 10.0 Å². The standard InChI is InChI=1S/C21H27N5O3S/c1-15-13-16(2)20(23-17(15)3)24-8-10-25(11-9-24)21(27)18-5-6-19(22-14-18)26-7-4-12-30(26,28)29/h5-6,13-14H,4,7-12H2,1-3H3. The van der Waals surface area contributed by atoms with Crippen molar-refractivity contribution in [3.8, 4) is 0 Å². The molecule has 4 rings (SSSR count). The minimum Gasteiger partial charge on any atom is -0.353 e. The van der Waals surface area contributed by atoms with E-state index >= 15 is 0 Å². The molecule has 0 atom stereocenters. The van der Waals surface area contributed by atoms with Crippen LogP contribution in [-0.4, -0.2) is 67.7 Å². The van der Waals surface area contributed by atoms with E-state index in [9.17, 15) is 13.2 Å². The molecule has 1 amide bonds. The third-order valence-corrected chi connectivity index (χ3v) is 7.69. The summed E-state index contributed by atoms with van der Waals surface area (Å²) in [5.74, 6) is 1.44. The second kappa shape index (κ2) is 7.86. The van der Waals surface area contributed by atoms with Crippen LogP contribution in [0.5, 0.6) is 0 Å². The Morgan fingerprint density at radius 2 is 1.73 bits per heavy atom. The Kier molecular flexibility index (Phi) is 5.40. The highest BCUT2D eigenvalue weighted by molar-refractivity contribution is 7.93. The summed E-state index contributed by atoms with van der Waals surface area (Å²) in [6.07, 6.45) is 2.08. The molecule has 9 heteroatoms. The average molecular weight is 430 g/mol. The SMILES string of the molecule is Cc1cc(C)c(N2CCN(C(=O)c3ccc(N4CCCS4(=O)=O)nc3)CC2)nc1C. The zero-order valence-electron chi connectivity index (χ0n) is 17.6. The van der Waals surface area contributed by atoms with Gasteiger partial charge < -0.3 is 9.80 Å². The van der Waals surface area contributed by atoms with Crippen LogP contribution in [0.15, 0.2) is 24.4 Å². The molecule has 0 unspecified atom stereocenters. The predicted octanol–water partition coefficient (Wildman–Crippen LogP) is 1.90. The van der Waals surface area contributed by atoms with Crippen LogP contribution in [-0.2, 0) is 10.0 Å². The van der Waals surface area contributed by atoms with Gasteiger partial charge in [0, 0.05) is 44.6 Å². The Labute approximate surface area is 177 Å². The molecule has 2 aliphatic rings. The molecular weight excluding hydrogens is 402 g/mol. The van der Waals surface area contributed by atoms with Crippen LogP contribution in [0.2, 0.25) is 0 Å². The zero-order chi connectivity index (χ0) is 21.5. The number of carbonyl (C=O) groups is 1. The third-order valence-electron chi connectivity index (χ3n) is 5.85. The Balaban J connectivity index is 1.42. The van der Waals surface area contributed by atoms with Gasteiger partial charge >= 0.3 is 0 Å². The molecule has 0 aliphatic carbocycles. The molecule has 2 saturated heterocycles. The van der Waals surface area contributed by atoms with E-state index in [4.69, 9.17) is 4.98 Å². The molecule has 0 radical (unpaired) electrons. The fourth-order valence-electron chi connectivity index (χ4n) is 4.01. The molecule has 0 spiro atoms. The Morgan fingerprint density at radius 3 is 2.33 bits per heavy atom. The number of nitrogens with zero attached hydrogens (tertiary/aromatic N) is 5. The van der Waals surface area contributed by atoms with Gasteiger partial charge in [-0.15, -0.1) is 0 Å². The first kappa shape index (κ1) is 20.6. The summed E-state index contributed by atoms with van der Waals surface area (Å²) in [7, 11) is -3.27. The van der Waals surface area contributed by atoms with Gasteiger partial charge in [-0.2, -0.15) is 0 Å². The molecule has 2 aromatic heterocycles. The Hall–Kier alpha value is -2.68. The first-order chi connectivity index (χ1) is 14.3. The number of hydrogen-bond donors (Lipinski definition) is 0. The van der Waals surface area contributed by atoms with Crippen LogP contribution in [0, 0.1) is 20.8 Å². The minimum absolute atomic E-state index is 0.0808. The van der Waals surface area contributed by atoms with Gasteiger partial charge in [0.25, 0.3) is 5.91 Å². The number of carbonyl (C=O) groups excluding carboxylic acids is 1. The van der Waals surface area contributed by atoms with Crippen molar-refractivity contribution in [3.05, 3.63) is 46.8 Å². The van der Waals surface area contributed by atoms with Gasteiger partial charge in [0.1, 0.15) is 11.6 Å². The van der Waals surface area contributed by atoms with Gasteiger partial charge in [-0.1, -0.05) is 6.07 Å². The molecule has 2 aromatic rings. The van der Waals surface area contributed by atoms with E-state index in [1.807, 2.05) is 11.8 Å². The lowest BCUT2D eigenvalue weighted by Gasteiger charge is -2.36. The fourth-order valence-corrected chi connectivity index (χ4v) is 5.52. The number of hydrogen-bond acceptors (Lipinski definition) is 6. The lowest BCUT2D eigenvalue weighted by molar-refractivity contribution is 0.0746. The van der Waals surface area contributed by atoms with Crippen molar-refractivity contribution >= 4 is 27.6 Å². The topological polar surface area (TPSA) is 86.7 Å². The molecule has 2 fully saturated rings. The molecule has 160 valence electrons. The van der Waals surface area contributed by atoms with E-state index in [2.05, 4.69) is 29.8 Å².